The monoisotopic (exact) mass is 492 g/mol. The van der Waals surface area contributed by atoms with Crippen LogP contribution in [0.2, 0.25) is 5.02 Å². The van der Waals surface area contributed by atoms with Crippen molar-refractivity contribution in [3.8, 4) is 0 Å². The lowest BCUT2D eigenvalue weighted by atomic mass is 9.95. The lowest BCUT2D eigenvalue weighted by molar-refractivity contribution is -0.139. The minimum Gasteiger partial charge on any atom is -0.271 e. The van der Waals surface area contributed by atoms with Crippen LogP contribution in [0.3, 0.4) is 0 Å². The maximum atomic E-state index is 13.8. The van der Waals surface area contributed by atoms with Crippen molar-refractivity contribution in [1.82, 2.24) is 4.98 Å². The van der Waals surface area contributed by atoms with Crippen LogP contribution < -0.4 is 5.48 Å². The predicted octanol–water partition coefficient (Wildman–Crippen LogP) is 7.96. The van der Waals surface area contributed by atoms with E-state index in [-0.39, 0.29) is 16.1 Å². The topological polar surface area (TPSA) is 34.1 Å². The van der Waals surface area contributed by atoms with E-state index in [9.17, 15) is 17.6 Å². The second kappa shape index (κ2) is 11.0. The van der Waals surface area contributed by atoms with Gasteiger partial charge in [-0.2, -0.15) is 13.2 Å². The van der Waals surface area contributed by atoms with Crippen LogP contribution in [-0.2, 0) is 17.9 Å². The quantitative estimate of drug-likeness (QED) is 0.256. The third-order valence-corrected chi connectivity index (χ3v) is 5.60. The maximum absolute atomic E-state index is 13.8. The van der Waals surface area contributed by atoms with Crippen molar-refractivity contribution >= 4 is 23.4 Å². The maximum Gasteiger partial charge on any atom is 0.399 e. The van der Waals surface area contributed by atoms with Gasteiger partial charge in [0.25, 0.3) is 0 Å². The Kier molecular flexibility index (Phi) is 8.33. The summed E-state index contributed by atoms with van der Waals surface area (Å²) in [7, 11) is 0. The molecule has 180 valence electrons. The first-order chi connectivity index (χ1) is 16.1. The van der Waals surface area contributed by atoms with E-state index < -0.39 is 17.9 Å². The van der Waals surface area contributed by atoms with Gasteiger partial charge in [-0.15, -0.1) is 0 Å². The fraction of sp³-hybridized carbons (Fsp3) is 0.269. The molecule has 2 aromatic carbocycles. The molecule has 1 aromatic heterocycles. The summed E-state index contributed by atoms with van der Waals surface area (Å²) in [6.45, 7) is 5.54. The molecule has 0 aliphatic rings. The summed E-state index contributed by atoms with van der Waals surface area (Å²) >= 11 is 5.79. The SMILES string of the molecule is CCc1cc(/C=C/C(c2cc(C)c(F)c(Cl)c2)C(F)(F)F)ccc1NOCc1ccc(C)nc1. The number of hydrogen-bond donors (Lipinski definition) is 1. The fourth-order valence-corrected chi connectivity index (χ4v) is 3.71. The Hall–Kier alpha value is -2.90. The number of nitrogens with zero attached hydrogens (tertiary/aromatic N) is 1. The number of anilines is 1. The van der Waals surface area contributed by atoms with Gasteiger partial charge in [-0.25, -0.2) is 4.39 Å². The molecule has 1 N–H and O–H groups in total. The van der Waals surface area contributed by atoms with E-state index in [2.05, 4.69) is 10.5 Å². The van der Waals surface area contributed by atoms with Crippen LogP contribution in [0.25, 0.3) is 6.08 Å². The van der Waals surface area contributed by atoms with Crippen molar-refractivity contribution in [3.63, 3.8) is 0 Å². The Morgan fingerprint density at radius 1 is 1.12 bits per heavy atom. The van der Waals surface area contributed by atoms with Crippen molar-refractivity contribution in [2.24, 2.45) is 0 Å². The van der Waals surface area contributed by atoms with Crippen LogP contribution in [0.5, 0.6) is 0 Å². The summed E-state index contributed by atoms with van der Waals surface area (Å²) in [5.74, 6) is -2.63. The molecule has 1 atom stereocenters. The molecule has 1 unspecified atom stereocenters. The molecule has 0 aliphatic carbocycles. The van der Waals surface area contributed by atoms with Crippen LogP contribution in [0, 0.1) is 19.7 Å². The molecule has 3 rings (SSSR count). The first kappa shape index (κ1) is 25.7. The molecule has 1 heterocycles. The summed E-state index contributed by atoms with van der Waals surface area (Å²) < 4.78 is 55.1. The lowest BCUT2D eigenvalue weighted by Gasteiger charge is -2.18. The summed E-state index contributed by atoms with van der Waals surface area (Å²) in [6.07, 6.45) is 0.295. The molecule has 0 amide bonds. The highest BCUT2D eigenvalue weighted by molar-refractivity contribution is 6.30. The Morgan fingerprint density at radius 3 is 2.50 bits per heavy atom. The highest BCUT2D eigenvalue weighted by Crippen LogP contribution is 2.38. The molecule has 3 nitrogen and oxygen atoms in total. The molecule has 0 saturated carbocycles. The van der Waals surface area contributed by atoms with Gasteiger partial charge < -0.3 is 0 Å². The zero-order chi connectivity index (χ0) is 24.9. The van der Waals surface area contributed by atoms with Crippen LogP contribution in [0.15, 0.2) is 54.7 Å². The van der Waals surface area contributed by atoms with Crippen molar-refractivity contribution in [2.75, 3.05) is 5.48 Å². The molecule has 0 spiro atoms. The second-order valence-electron chi connectivity index (χ2n) is 7.98. The van der Waals surface area contributed by atoms with E-state index in [0.29, 0.717) is 18.6 Å². The smallest absolute Gasteiger partial charge is 0.271 e. The van der Waals surface area contributed by atoms with E-state index in [1.54, 1.807) is 24.4 Å². The van der Waals surface area contributed by atoms with Gasteiger partial charge in [0.2, 0.25) is 0 Å². The number of benzene rings is 2. The molecule has 0 saturated heterocycles. The predicted molar refractivity (Wildman–Crippen MR) is 127 cm³/mol. The Bertz CT molecular complexity index is 1140. The molecule has 3 aromatic rings. The normalized spacial score (nSPS) is 12.8. The zero-order valence-electron chi connectivity index (χ0n) is 19.0. The number of aromatic nitrogens is 1. The van der Waals surface area contributed by atoms with Gasteiger partial charge in [0.1, 0.15) is 12.4 Å². The zero-order valence-corrected chi connectivity index (χ0v) is 19.8. The van der Waals surface area contributed by atoms with Gasteiger partial charge in [-0.3, -0.25) is 15.3 Å². The number of allylic oxidation sites excluding steroid dienone is 1. The third kappa shape index (κ3) is 6.58. The largest absolute Gasteiger partial charge is 0.399 e. The Morgan fingerprint density at radius 2 is 1.88 bits per heavy atom. The van der Waals surface area contributed by atoms with Crippen molar-refractivity contribution < 1.29 is 22.4 Å². The van der Waals surface area contributed by atoms with Gasteiger partial charge >= 0.3 is 6.18 Å². The van der Waals surface area contributed by atoms with Crippen molar-refractivity contribution in [1.29, 1.82) is 0 Å². The van der Waals surface area contributed by atoms with E-state index in [1.807, 2.05) is 26.0 Å². The number of alkyl halides is 3. The Balaban J connectivity index is 1.76. The van der Waals surface area contributed by atoms with Gasteiger partial charge in [0.05, 0.1) is 16.6 Å². The van der Waals surface area contributed by atoms with Gasteiger partial charge in [-0.05, 0) is 72.4 Å². The average Bonchev–Trinajstić information content (AvgIpc) is 2.78. The second-order valence-corrected chi connectivity index (χ2v) is 8.39. The summed E-state index contributed by atoms with van der Waals surface area (Å²) in [5, 5.41) is -0.331. The highest BCUT2D eigenvalue weighted by atomic mass is 35.5. The van der Waals surface area contributed by atoms with E-state index in [1.165, 1.54) is 19.1 Å². The molecule has 0 radical (unpaired) electrons. The molecule has 0 aliphatic heterocycles. The molecule has 0 fully saturated rings. The van der Waals surface area contributed by atoms with E-state index in [0.717, 1.165) is 34.7 Å². The third-order valence-electron chi connectivity index (χ3n) is 5.33. The van der Waals surface area contributed by atoms with Crippen molar-refractivity contribution in [2.45, 2.75) is 45.9 Å². The first-order valence-corrected chi connectivity index (χ1v) is 11.1. The molecule has 34 heavy (non-hydrogen) atoms. The van der Waals surface area contributed by atoms with E-state index >= 15 is 0 Å². The fourth-order valence-electron chi connectivity index (χ4n) is 3.44. The average molecular weight is 493 g/mol. The van der Waals surface area contributed by atoms with Gasteiger partial charge in [0.15, 0.2) is 0 Å². The molecular weight excluding hydrogens is 468 g/mol. The van der Waals surface area contributed by atoms with Crippen LogP contribution in [-0.4, -0.2) is 11.2 Å². The number of rotatable bonds is 8. The lowest BCUT2D eigenvalue weighted by Crippen LogP contribution is -2.19. The Labute approximate surface area is 201 Å². The van der Waals surface area contributed by atoms with E-state index in [4.69, 9.17) is 16.4 Å². The number of hydrogen-bond acceptors (Lipinski definition) is 3. The summed E-state index contributed by atoms with van der Waals surface area (Å²) in [6, 6.07) is 11.3. The number of aryl methyl sites for hydroxylation is 3. The standard InChI is InChI=1S/C26H25ClF4N2O/c1-4-20-12-18(8-10-24(20)33-34-15-19-6-5-17(3)32-14-19)7-9-22(26(29,30)31)21-11-16(2)25(28)23(27)13-21/h5-14,22,33H,4,15H2,1-3H3/b9-7+. The number of pyridine rings is 1. The van der Waals surface area contributed by atoms with Crippen LogP contribution >= 0.6 is 11.6 Å². The molecule has 8 heteroatoms. The minimum atomic E-state index is -4.56. The van der Waals surface area contributed by atoms with Gasteiger partial charge in [-0.1, -0.05) is 48.9 Å². The number of halogens is 5. The van der Waals surface area contributed by atoms with Crippen LogP contribution in [0.4, 0.5) is 23.2 Å². The first-order valence-electron chi connectivity index (χ1n) is 10.7. The van der Waals surface area contributed by atoms with Crippen molar-refractivity contribution in [3.05, 3.63) is 99.1 Å². The molecule has 0 bridgehead atoms. The summed E-state index contributed by atoms with van der Waals surface area (Å²) in [5.41, 5.74) is 6.90. The minimum absolute atomic E-state index is 0.0651. The van der Waals surface area contributed by atoms with Crippen LogP contribution in [0.1, 0.15) is 46.4 Å². The summed E-state index contributed by atoms with van der Waals surface area (Å²) in [4.78, 5) is 9.78. The number of nitrogens with one attached hydrogen (secondary N) is 1. The van der Waals surface area contributed by atoms with Gasteiger partial charge in [0, 0.05) is 11.9 Å². The highest BCUT2D eigenvalue weighted by Gasteiger charge is 2.39. The molecular formula is C26H25ClF4N2O.